The molecule has 0 bridgehead atoms. The van der Waals surface area contributed by atoms with E-state index in [0.29, 0.717) is 24.3 Å². The predicted molar refractivity (Wildman–Crippen MR) is 63.1 cm³/mol. The van der Waals surface area contributed by atoms with Gasteiger partial charge < -0.3 is 15.5 Å². The van der Waals surface area contributed by atoms with E-state index in [2.05, 4.69) is 16.8 Å². The third-order valence-electron chi connectivity index (χ3n) is 3.32. The maximum absolute atomic E-state index is 11.5. The topological polar surface area (TPSA) is 61.9 Å². The Morgan fingerprint density at radius 2 is 2.38 bits per heavy atom. The SMILES string of the molecule is CCCN=C(N)N1CCN2C(=O)CCC2C1. The second-order valence-electron chi connectivity index (χ2n) is 4.47. The van der Waals surface area contributed by atoms with Crippen LogP contribution < -0.4 is 5.73 Å². The lowest BCUT2D eigenvalue weighted by Crippen LogP contribution is -2.55. The smallest absolute Gasteiger partial charge is 0.223 e. The van der Waals surface area contributed by atoms with Crippen LogP contribution in [-0.2, 0) is 4.79 Å². The maximum Gasteiger partial charge on any atom is 0.223 e. The van der Waals surface area contributed by atoms with Crippen LogP contribution in [0.5, 0.6) is 0 Å². The van der Waals surface area contributed by atoms with E-state index in [0.717, 1.165) is 39.0 Å². The van der Waals surface area contributed by atoms with Crippen molar-refractivity contribution in [3.05, 3.63) is 0 Å². The number of nitrogens with zero attached hydrogens (tertiary/aromatic N) is 3. The van der Waals surface area contributed by atoms with Crippen molar-refractivity contribution in [3.8, 4) is 0 Å². The molecule has 0 aromatic carbocycles. The molecule has 2 heterocycles. The van der Waals surface area contributed by atoms with Crippen LogP contribution in [0, 0.1) is 0 Å². The first-order chi connectivity index (χ1) is 7.72. The van der Waals surface area contributed by atoms with Gasteiger partial charge >= 0.3 is 0 Å². The molecule has 1 amide bonds. The number of hydrogen-bond acceptors (Lipinski definition) is 2. The van der Waals surface area contributed by atoms with Crippen LogP contribution in [0.15, 0.2) is 4.99 Å². The van der Waals surface area contributed by atoms with Gasteiger partial charge in [-0.25, -0.2) is 0 Å². The molecule has 5 nitrogen and oxygen atoms in total. The van der Waals surface area contributed by atoms with Gasteiger partial charge in [0.15, 0.2) is 5.96 Å². The first-order valence-corrected chi connectivity index (χ1v) is 6.06. The Kier molecular flexibility index (Phi) is 3.31. The minimum atomic E-state index is 0.300. The summed E-state index contributed by atoms with van der Waals surface area (Å²) < 4.78 is 0. The molecule has 1 unspecified atom stereocenters. The number of amides is 1. The second kappa shape index (κ2) is 4.72. The minimum absolute atomic E-state index is 0.300. The number of rotatable bonds is 2. The van der Waals surface area contributed by atoms with Crippen LogP contribution >= 0.6 is 0 Å². The van der Waals surface area contributed by atoms with Crippen LogP contribution in [0.1, 0.15) is 26.2 Å². The molecule has 0 radical (unpaired) electrons. The summed E-state index contributed by atoms with van der Waals surface area (Å²) >= 11 is 0. The van der Waals surface area contributed by atoms with E-state index < -0.39 is 0 Å². The number of piperazine rings is 1. The van der Waals surface area contributed by atoms with E-state index in [4.69, 9.17) is 5.73 Å². The summed E-state index contributed by atoms with van der Waals surface area (Å²) in [4.78, 5) is 19.9. The van der Waals surface area contributed by atoms with Crippen molar-refractivity contribution >= 4 is 11.9 Å². The third-order valence-corrected chi connectivity index (χ3v) is 3.32. The molecular formula is C11H20N4O. The average molecular weight is 224 g/mol. The zero-order valence-corrected chi connectivity index (χ0v) is 9.85. The zero-order valence-electron chi connectivity index (χ0n) is 9.85. The molecule has 2 rings (SSSR count). The van der Waals surface area contributed by atoms with E-state index in [1.54, 1.807) is 0 Å². The van der Waals surface area contributed by atoms with E-state index in [1.165, 1.54) is 0 Å². The molecule has 2 saturated heterocycles. The van der Waals surface area contributed by atoms with Crippen molar-refractivity contribution in [2.24, 2.45) is 10.7 Å². The minimum Gasteiger partial charge on any atom is -0.370 e. The first-order valence-electron chi connectivity index (χ1n) is 6.06. The lowest BCUT2D eigenvalue weighted by atomic mass is 10.2. The van der Waals surface area contributed by atoms with E-state index in [9.17, 15) is 4.79 Å². The number of carbonyl (C=O) groups excluding carboxylic acids is 1. The Morgan fingerprint density at radius 3 is 3.12 bits per heavy atom. The van der Waals surface area contributed by atoms with Gasteiger partial charge in [-0.05, 0) is 12.8 Å². The zero-order chi connectivity index (χ0) is 11.5. The monoisotopic (exact) mass is 224 g/mol. The van der Waals surface area contributed by atoms with Crippen molar-refractivity contribution in [1.29, 1.82) is 0 Å². The van der Waals surface area contributed by atoms with Gasteiger partial charge in [0, 0.05) is 38.6 Å². The Balaban J connectivity index is 1.94. The van der Waals surface area contributed by atoms with Gasteiger partial charge in [0.25, 0.3) is 0 Å². The summed E-state index contributed by atoms with van der Waals surface area (Å²) in [6.07, 6.45) is 2.68. The van der Waals surface area contributed by atoms with Gasteiger partial charge in [-0.15, -0.1) is 0 Å². The normalized spacial score (nSPS) is 26.2. The summed E-state index contributed by atoms with van der Waals surface area (Å²) in [7, 11) is 0. The van der Waals surface area contributed by atoms with Crippen molar-refractivity contribution in [2.45, 2.75) is 32.2 Å². The van der Waals surface area contributed by atoms with Gasteiger partial charge in [0.2, 0.25) is 5.91 Å². The molecule has 16 heavy (non-hydrogen) atoms. The van der Waals surface area contributed by atoms with Crippen molar-refractivity contribution < 1.29 is 4.79 Å². The highest BCUT2D eigenvalue weighted by atomic mass is 16.2. The highest BCUT2D eigenvalue weighted by molar-refractivity contribution is 5.81. The summed E-state index contributed by atoms with van der Waals surface area (Å²) in [5, 5.41) is 0. The number of aliphatic imine (C=N–C) groups is 1. The molecule has 1 atom stereocenters. The fraction of sp³-hybridized carbons (Fsp3) is 0.818. The lowest BCUT2D eigenvalue weighted by Gasteiger charge is -2.38. The molecular weight excluding hydrogens is 204 g/mol. The molecule has 0 aromatic rings. The van der Waals surface area contributed by atoms with E-state index >= 15 is 0 Å². The Bertz CT molecular complexity index is 302. The van der Waals surface area contributed by atoms with Crippen LogP contribution in [0.4, 0.5) is 0 Å². The molecule has 2 fully saturated rings. The predicted octanol–water partition coefficient (Wildman–Crippen LogP) is 0.0177. The first kappa shape index (κ1) is 11.2. The number of carbonyl (C=O) groups is 1. The molecule has 90 valence electrons. The molecule has 5 heteroatoms. The molecule has 0 aromatic heterocycles. The summed E-state index contributed by atoms with van der Waals surface area (Å²) in [6, 6.07) is 0.358. The highest BCUT2D eigenvalue weighted by Crippen LogP contribution is 2.22. The van der Waals surface area contributed by atoms with Crippen LogP contribution in [0.2, 0.25) is 0 Å². The third kappa shape index (κ3) is 2.13. The number of guanidine groups is 1. The lowest BCUT2D eigenvalue weighted by molar-refractivity contribution is -0.130. The summed E-state index contributed by atoms with van der Waals surface area (Å²) in [5.74, 6) is 0.939. The Morgan fingerprint density at radius 1 is 1.56 bits per heavy atom. The fourth-order valence-corrected chi connectivity index (χ4v) is 2.40. The molecule has 0 spiro atoms. The Labute approximate surface area is 96.3 Å². The highest BCUT2D eigenvalue weighted by Gasteiger charge is 2.35. The molecule has 2 aliphatic heterocycles. The van der Waals surface area contributed by atoms with E-state index in [-0.39, 0.29) is 0 Å². The van der Waals surface area contributed by atoms with E-state index in [1.807, 2.05) is 4.90 Å². The molecule has 2 N–H and O–H groups in total. The summed E-state index contributed by atoms with van der Waals surface area (Å²) in [5.41, 5.74) is 5.92. The second-order valence-corrected chi connectivity index (χ2v) is 4.47. The van der Waals surface area contributed by atoms with Gasteiger partial charge in [0.05, 0.1) is 0 Å². The Hall–Kier alpha value is -1.26. The van der Waals surface area contributed by atoms with Gasteiger partial charge in [-0.1, -0.05) is 6.92 Å². The maximum atomic E-state index is 11.5. The molecule has 0 saturated carbocycles. The molecule has 0 aliphatic carbocycles. The van der Waals surface area contributed by atoms with Crippen LogP contribution in [-0.4, -0.2) is 53.9 Å². The van der Waals surface area contributed by atoms with Gasteiger partial charge in [0.1, 0.15) is 0 Å². The van der Waals surface area contributed by atoms with Gasteiger partial charge in [-0.3, -0.25) is 9.79 Å². The number of hydrogen-bond donors (Lipinski definition) is 1. The fourth-order valence-electron chi connectivity index (χ4n) is 2.40. The van der Waals surface area contributed by atoms with Crippen LogP contribution in [0.25, 0.3) is 0 Å². The van der Waals surface area contributed by atoms with Crippen molar-refractivity contribution in [2.75, 3.05) is 26.2 Å². The standard InChI is InChI=1S/C11H20N4O/c1-2-5-13-11(12)14-6-7-15-9(8-14)3-4-10(15)16/h9H,2-8H2,1H3,(H2,12,13). The van der Waals surface area contributed by atoms with Gasteiger partial charge in [-0.2, -0.15) is 0 Å². The van der Waals surface area contributed by atoms with Crippen molar-refractivity contribution in [1.82, 2.24) is 9.80 Å². The number of fused-ring (bicyclic) bond motifs is 1. The molecule has 2 aliphatic rings. The number of nitrogens with two attached hydrogens (primary N) is 1. The average Bonchev–Trinajstić information content (AvgIpc) is 2.67. The quantitative estimate of drug-likeness (QED) is 0.531. The summed E-state index contributed by atoms with van der Waals surface area (Å²) in [6.45, 7) is 5.35. The largest absolute Gasteiger partial charge is 0.370 e. The van der Waals surface area contributed by atoms with Crippen LogP contribution in [0.3, 0.4) is 0 Å². The van der Waals surface area contributed by atoms with Crippen molar-refractivity contribution in [3.63, 3.8) is 0 Å².